The Morgan fingerprint density at radius 2 is 1.46 bits per heavy atom. The van der Waals surface area contributed by atoms with E-state index in [0.29, 0.717) is 11.3 Å². The Bertz CT molecular complexity index is 1010. The van der Waals surface area contributed by atoms with Gasteiger partial charge in [-0.05, 0) is 34.9 Å². The molecule has 0 fully saturated rings. The lowest BCUT2D eigenvalue weighted by Gasteiger charge is -2.12. The highest BCUT2D eigenvalue weighted by atomic mass is 16.2. The van der Waals surface area contributed by atoms with Gasteiger partial charge in [0.25, 0.3) is 5.91 Å². The molecule has 138 valence electrons. The number of carbonyl (C=O) groups is 2. The number of nitrogens with zero attached hydrogens (tertiary/aromatic N) is 1. The fourth-order valence-electron chi connectivity index (χ4n) is 2.76. The molecule has 0 aliphatic rings. The quantitative estimate of drug-likeness (QED) is 0.685. The zero-order valence-corrected chi connectivity index (χ0v) is 15.2. The van der Waals surface area contributed by atoms with Gasteiger partial charge in [0.1, 0.15) is 6.42 Å². The van der Waals surface area contributed by atoms with Gasteiger partial charge in [-0.25, -0.2) is 0 Å². The number of para-hydroxylation sites is 1. The van der Waals surface area contributed by atoms with Crippen molar-refractivity contribution in [3.8, 4) is 17.2 Å². The van der Waals surface area contributed by atoms with E-state index in [1.807, 2.05) is 60.7 Å². The highest BCUT2D eigenvalue weighted by molar-refractivity contribution is 6.04. The van der Waals surface area contributed by atoms with Crippen LogP contribution in [0.1, 0.15) is 22.3 Å². The van der Waals surface area contributed by atoms with Crippen LogP contribution in [0, 0.1) is 11.3 Å². The first-order valence-electron chi connectivity index (χ1n) is 8.86. The summed E-state index contributed by atoms with van der Waals surface area (Å²) in [7, 11) is 0. The van der Waals surface area contributed by atoms with E-state index in [9.17, 15) is 9.59 Å². The van der Waals surface area contributed by atoms with Crippen molar-refractivity contribution in [2.45, 2.75) is 13.0 Å². The lowest BCUT2D eigenvalue weighted by Crippen LogP contribution is -2.23. The van der Waals surface area contributed by atoms with Gasteiger partial charge in [-0.15, -0.1) is 0 Å². The van der Waals surface area contributed by atoms with Crippen LogP contribution >= 0.6 is 0 Å². The average molecular weight is 369 g/mol. The Morgan fingerprint density at radius 3 is 2.18 bits per heavy atom. The number of carbonyl (C=O) groups excluding carboxylic acids is 2. The number of nitriles is 1. The van der Waals surface area contributed by atoms with Crippen molar-refractivity contribution in [2.75, 3.05) is 5.32 Å². The molecule has 0 heterocycles. The van der Waals surface area contributed by atoms with Crippen LogP contribution in [-0.4, -0.2) is 11.8 Å². The molecule has 0 atom stereocenters. The average Bonchev–Trinajstić information content (AvgIpc) is 2.74. The SMILES string of the molecule is N#CCC(=O)NCc1ccccc1NC(=O)c1ccc(-c2ccccc2)cc1. The summed E-state index contributed by atoms with van der Waals surface area (Å²) in [5.74, 6) is -0.574. The van der Waals surface area contributed by atoms with Crippen LogP contribution < -0.4 is 10.6 Å². The van der Waals surface area contributed by atoms with Crippen molar-refractivity contribution in [3.63, 3.8) is 0 Å². The second kappa shape index (κ2) is 9.15. The van der Waals surface area contributed by atoms with Crippen LogP contribution in [0.3, 0.4) is 0 Å². The lowest BCUT2D eigenvalue weighted by atomic mass is 10.0. The Kier molecular flexibility index (Phi) is 6.17. The van der Waals surface area contributed by atoms with Crippen LogP contribution in [-0.2, 0) is 11.3 Å². The monoisotopic (exact) mass is 369 g/mol. The molecule has 0 saturated heterocycles. The van der Waals surface area contributed by atoms with Crippen LogP contribution in [0.25, 0.3) is 11.1 Å². The Morgan fingerprint density at radius 1 is 0.821 bits per heavy atom. The Balaban J connectivity index is 1.69. The van der Waals surface area contributed by atoms with Crippen molar-refractivity contribution in [2.24, 2.45) is 0 Å². The second-order valence-corrected chi connectivity index (χ2v) is 6.17. The molecule has 3 aromatic carbocycles. The minimum absolute atomic E-state index is 0.192. The minimum atomic E-state index is -0.347. The van der Waals surface area contributed by atoms with E-state index in [2.05, 4.69) is 10.6 Å². The molecule has 0 aliphatic carbocycles. The number of rotatable bonds is 6. The number of hydrogen-bond acceptors (Lipinski definition) is 3. The molecule has 2 N–H and O–H groups in total. The van der Waals surface area contributed by atoms with E-state index in [4.69, 9.17) is 5.26 Å². The van der Waals surface area contributed by atoms with Gasteiger partial charge in [-0.1, -0.05) is 60.7 Å². The molecule has 5 nitrogen and oxygen atoms in total. The maximum absolute atomic E-state index is 12.6. The standard InChI is InChI=1S/C23H19N3O2/c24-15-14-22(27)25-16-20-8-4-5-9-21(20)26-23(28)19-12-10-18(11-13-19)17-6-2-1-3-7-17/h1-13H,14,16H2,(H,25,27)(H,26,28). The summed E-state index contributed by atoms with van der Waals surface area (Å²) in [5.41, 5.74) is 4.06. The highest BCUT2D eigenvalue weighted by Crippen LogP contribution is 2.20. The van der Waals surface area contributed by atoms with Crippen molar-refractivity contribution < 1.29 is 9.59 Å². The fourth-order valence-corrected chi connectivity index (χ4v) is 2.76. The molecule has 0 aliphatic heterocycles. The molecule has 0 bridgehead atoms. The van der Waals surface area contributed by atoms with E-state index in [-0.39, 0.29) is 24.8 Å². The van der Waals surface area contributed by atoms with E-state index in [1.54, 1.807) is 24.3 Å². The molecule has 0 unspecified atom stereocenters. The summed E-state index contributed by atoms with van der Waals surface area (Å²) >= 11 is 0. The maximum atomic E-state index is 12.6. The molecule has 0 radical (unpaired) electrons. The molecule has 2 amide bonds. The van der Waals surface area contributed by atoms with E-state index in [0.717, 1.165) is 16.7 Å². The molecular formula is C23H19N3O2. The van der Waals surface area contributed by atoms with E-state index >= 15 is 0 Å². The zero-order valence-electron chi connectivity index (χ0n) is 15.2. The van der Waals surface area contributed by atoms with Crippen LogP contribution in [0.4, 0.5) is 5.69 Å². The largest absolute Gasteiger partial charge is 0.351 e. The van der Waals surface area contributed by atoms with Gasteiger partial charge < -0.3 is 10.6 Å². The number of amides is 2. The fraction of sp³-hybridized carbons (Fsp3) is 0.0870. The first-order valence-corrected chi connectivity index (χ1v) is 8.86. The molecule has 3 aromatic rings. The first kappa shape index (κ1) is 18.9. The third-order valence-corrected chi connectivity index (χ3v) is 4.24. The second-order valence-electron chi connectivity index (χ2n) is 6.17. The zero-order chi connectivity index (χ0) is 19.8. The number of hydrogen-bond donors (Lipinski definition) is 2. The molecular weight excluding hydrogens is 350 g/mol. The van der Waals surface area contributed by atoms with Gasteiger partial charge in [0.2, 0.25) is 5.91 Å². The number of benzene rings is 3. The predicted octanol–water partition coefficient (Wildman–Crippen LogP) is 4.14. The van der Waals surface area contributed by atoms with Crippen molar-refractivity contribution in [1.29, 1.82) is 5.26 Å². The summed E-state index contributed by atoms with van der Waals surface area (Å²) in [6.45, 7) is 0.240. The predicted molar refractivity (Wildman–Crippen MR) is 108 cm³/mol. The minimum Gasteiger partial charge on any atom is -0.351 e. The summed E-state index contributed by atoms with van der Waals surface area (Å²) < 4.78 is 0. The van der Waals surface area contributed by atoms with E-state index < -0.39 is 0 Å². The summed E-state index contributed by atoms with van der Waals surface area (Å²) in [6, 6.07) is 26.4. The van der Waals surface area contributed by atoms with Gasteiger partial charge in [0.15, 0.2) is 0 Å². The number of nitrogens with one attached hydrogen (secondary N) is 2. The summed E-state index contributed by atoms with van der Waals surface area (Å²) in [6.07, 6.45) is -0.192. The molecule has 28 heavy (non-hydrogen) atoms. The van der Waals surface area contributed by atoms with Crippen molar-refractivity contribution in [3.05, 3.63) is 90.0 Å². The van der Waals surface area contributed by atoms with Gasteiger partial charge in [0.05, 0.1) is 6.07 Å². The Labute approximate surface area is 163 Å². The molecule has 0 saturated carbocycles. The molecule has 0 spiro atoms. The summed E-state index contributed by atoms with van der Waals surface area (Å²) in [5, 5.41) is 14.1. The maximum Gasteiger partial charge on any atom is 0.255 e. The topological polar surface area (TPSA) is 82.0 Å². The normalized spacial score (nSPS) is 9.96. The third-order valence-electron chi connectivity index (χ3n) is 4.24. The highest BCUT2D eigenvalue weighted by Gasteiger charge is 2.10. The van der Waals surface area contributed by atoms with E-state index in [1.165, 1.54) is 0 Å². The van der Waals surface area contributed by atoms with Gasteiger partial charge in [-0.3, -0.25) is 9.59 Å². The number of anilines is 1. The Hall–Kier alpha value is -3.91. The molecule has 3 rings (SSSR count). The summed E-state index contributed by atoms with van der Waals surface area (Å²) in [4.78, 5) is 24.1. The molecule has 0 aromatic heterocycles. The first-order chi connectivity index (χ1) is 13.7. The van der Waals surface area contributed by atoms with Gasteiger partial charge >= 0.3 is 0 Å². The smallest absolute Gasteiger partial charge is 0.255 e. The molecule has 5 heteroatoms. The van der Waals surface area contributed by atoms with Crippen LogP contribution in [0.2, 0.25) is 0 Å². The van der Waals surface area contributed by atoms with Gasteiger partial charge in [0, 0.05) is 17.8 Å². The van der Waals surface area contributed by atoms with Crippen molar-refractivity contribution in [1.82, 2.24) is 5.32 Å². The van der Waals surface area contributed by atoms with Gasteiger partial charge in [-0.2, -0.15) is 5.26 Å². The third kappa shape index (κ3) is 4.83. The van der Waals surface area contributed by atoms with Crippen LogP contribution in [0.5, 0.6) is 0 Å². The van der Waals surface area contributed by atoms with Crippen LogP contribution in [0.15, 0.2) is 78.9 Å². The van der Waals surface area contributed by atoms with Crippen molar-refractivity contribution >= 4 is 17.5 Å². The lowest BCUT2D eigenvalue weighted by molar-refractivity contribution is -0.120.